The van der Waals surface area contributed by atoms with Crippen LogP contribution in [0.5, 0.6) is 0 Å². The summed E-state index contributed by atoms with van der Waals surface area (Å²) in [6.07, 6.45) is 0. The molecule has 0 aliphatic heterocycles. The van der Waals surface area contributed by atoms with E-state index in [1.54, 1.807) is 11.8 Å². The van der Waals surface area contributed by atoms with Gasteiger partial charge in [0, 0.05) is 7.05 Å². The van der Waals surface area contributed by atoms with Gasteiger partial charge in [0.15, 0.2) is 5.16 Å². The van der Waals surface area contributed by atoms with Gasteiger partial charge in [-0.05, 0) is 29.8 Å². The standard InChI is InChI=1S/C23H20N4S/c1-26-20-13-7-5-11-18(20)24-22(26)16-28-23-25-19-12-6-8-14-21(19)27(23)15-17-9-3-2-4-10-17/h2-14H,15-16H2,1H3. The van der Waals surface area contributed by atoms with Gasteiger partial charge in [-0.25, -0.2) is 9.97 Å². The average Bonchev–Trinajstić information content (AvgIpc) is 3.25. The van der Waals surface area contributed by atoms with Crippen molar-refractivity contribution in [2.24, 2.45) is 7.05 Å². The van der Waals surface area contributed by atoms with Gasteiger partial charge in [-0.3, -0.25) is 0 Å². The molecule has 2 aromatic heterocycles. The quantitative estimate of drug-likeness (QED) is 0.388. The Kier molecular flexibility index (Phi) is 4.37. The van der Waals surface area contributed by atoms with Crippen molar-refractivity contribution in [3.05, 3.63) is 90.3 Å². The lowest BCUT2D eigenvalue weighted by molar-refractivity contribution is 0.730. The van der Waals surface area contributed by atoms with Crippen LogP contribution in [-0.2, 0) is 19.3 Å². The molecule has 28 heavy (non-hydrogen) atoms. The van der Waals surface area contributed by atoms with E-state index < -0.39 is 0 Å². The molecule has 0 aliphatic carbocycles. The molecule has 3 aromatic carbocycles. The number of imidazole rings is 2. The Labute approximate surface area is 167 Å². The first-order chi connectivity index (χ1) is 13.8. The largest absolute Gasteiger partial charge is 0.330 e. The summed E-state index contributed by atoms with van der Waals surface area (Å²) in [5.41, 5.74) is 5.68. The van der Waals surface area contributed by atoms with E-state index in [0.29, 0.717) is 0 Å². The van der Waals surface area contributed by atoms with Gasteiger partial charge in [0.05, 0.1) is 34.4 Å². The number of hydrogen-bond acceptors (Lipinski definition) is 3. The summed E-state index contributed by atoms with van der Waals surface area (Å²) in [4.78, 5) is 9.70. The van der Waals surface area contributed by atoms with Gasteiger partial charge in [-0.15, -0.1) is 0 Å². The minimum Gasteiger partial charge on any atom is -0.330 e. The number of benzene rings is 3. The van der Waals surface area contributed by atoms with Crippen LogP contribution in [0.15, 0.2) is 84.0 Å². The zero-order chi connectivity index (χ0) is 18.9. The number of aryl methyl sites for hydroxylation is 1. The highest BCUT2D eigenvalue weighted by Crippen LogP contribution is 2.28. The molecule has 0 bridgehead atoms. The van der Waals surface area contributed by atoms with E-state index in [0.717, 1.165) is 39.8 Å². The van der Waals surface area contributed by atoms with Crippen LogP contribution in [0.4, 0.5) is 0 Å². The molecule has 0 atom stereocenters. The van der Waals surface area contributed by atoms with Crippen molar-refractivity contribution in [2.75, 3.05) is 0 Å². The number of hydrogen-bond donors (Lipinski definition) is 0. The molecule has 0 radical (unpaired) electrons. The zero-order valence-corrected chi connectivity index (χ0v) is 16.4. The van der Waals surface area contributed by atoms with Crippen LogP contribution in [0.3, 0.4) is 0 Å². The molecule has 0 N–H and O–H groups in total. The highest BCUT2D eigenvalue weighted by Gasteiger charge is 2.14. The molecule has 138 valence electrons. The van der Waals surface area contributed by atoms with Crippen LogP contribution in [0.2, 0.25) is 0 Å². The van der Waals surface area contributed by atoms with Crippen molar-refractivity contribution in [1.82, 2.24) is 19.1 Å². The third kappa shape index (κ3) is 3.08. The van der Waals surface area contributed by atoms with Crippen LogP contribution in [-0.4, -0.2) is 19.1 Å². The third-order valence-corrected chi connectivity index (χ3v) is 5.99. The monoisotopic (exact) mass is 384 g/mol. The highest BCUT2D eigenvalue weighted by molar-refractivity contribution is 7.98. The van der Waals surface area contributed by atoms with E-state index >= 15 is 0 Å². The molecule has 4 nitrogen and oxygen atoms in total. The van der Waals surface area contributed by atoms with Gasteiger partial charge in [0.1, 0.15) is 5.82 Å². The molecule has 0 spiro atoms. The van der Waals surface area contributed by atoms with Gasteiger partial charge in [-0.1, -0.05) is 66.4 Å². The molecular formula is C23H20N4S. The Morgan fingerprint density at radius 1 is 0.750 bits per heavy atom. The lowest BCUT2D eigenvalue weighted by Crippen LogP contribution is -2.02. The van der Waals surface area contributed by atoms with E-state index in [-0.39, 0.29) is 0 Å². The molecule has 2 heterocycles. The first-order valence-corrected chi connectivity index (χ1v) is 10.3. The summed E-state index contributed by atoms with van der Waals surface area (Å²) in [7, 11) is 2.08. The summed E-state index contributed by atoms with van der Waals surface area (Å²) in [6, 6.07) is 27.1. The molecule has 0 amide bonds. The fraction of sp³-hybridized carbons (Fsp3) is 0.130. The van der Waals surface area contributed by atoms with Crippen LogP contribution in [0.25, 0.3) is 22.1 Å². The van der Waals surface area contributed by atoms with Crippen LogP contribution >= 0.6 is 11.8 Å². The maximum Gasteiger partial charge on any atom is 0.169 e. The molecule has 0 aliphatic rings. The summed E-state index contributed by atoms with van der Waals surface area (Å²) in [5, 5.41) is 1.03. The summed E-state index contributed by atoms with van der Waals surface area (Å²) >= 11 is 1.74. The fourth-order valence-electron chi connectivity index (χ4n) is 3.54. The third-order valence-electron chi connectivity index (χ3n) is 5.01. The summed E-state index contributed by atoms with van der Waals surface area (Å²) in [6.45, 7) is 0.812. The second kappa shape index (κ2) is 7.17. The van der Waals surface area contributed by atoms with Gasteiger partial charge in [0.2, 0.25) is 0 Å². The van der Waals surface area contributed by atoms with Crippen molar-refractivity contribution >= 4 is 33.8 Å². The lowest BCUT2D eigenvalue weighted by Gasteiger charge is -2.09. The van der Waals surface area contributed by atoms with Gasteiger partial charge >= 0.3 is 0 Å². The number of para-hydroxylation sites is 4. The molecule has 0 fully saturated rings. The topological polar surface area (TPSA) is 35.6 Å². The van der Waals surface area contributed by atoms with Crippen LogP contribution in [0.1, 0.15) is 11.4 Å². The van der Waals surface area contributed by atoms with Gasteiger partial charge in [0.25, 0.3) is 0 Å². The minimum atomic E-state index is 0.781. The smallest absolute Gasteiger partial charge is 0.169 e. The minimum absolute atomic E-state index is 0.781. The normalized spacial score (nSPS) is 11.5. The molecule has 0 saturated carbocycles. The number of nitrogens with zero attached hydrogens (tertiary/aromatic N) is 4. The molecule has 5 heteroatoms. The number of fused-ring (bicyclic) bond motifs is 2. The summed E-state index contributed by atoms with van der Waals surface area (Å²) in [5.74, 6) is 1.84. The SMILES string of the molecule is Cn1c(CSc2nc3ccccc3n2Cc2ccccc2)nc2ccccc21. The van der Waals surface area contributed by atoms with E-state index in [1.807, 2.05) is 12.1 Å². The van der Waals surface area contributed by atoms with Crippen molar-refractivity contribution in [2.45, 2.75) is 17.5 Å². The average molecular weight is 385 g/mol. The molecular weight excluding hydrogens is 364 g/mol. The van der Waals surface area contributed by atoms with Crippen LogP contribution in [0, 0.1) is 0 Å². The predicted octanol–water partition coefficient (Wildman–Crippen LogP) is 5.26. The lowest BCUT2D eigenvalue weighted by atomic mass is 10.2. The van der Waals surface area contributed by atoms with Crippen molar-refractivity contribution < 1.29 is 0 Å². The van der Waals surface area contributed by atoms with Gasteiger partial charge in [-0.2, -0.15) is 0 Å². The maximum absolute atomic E-state index is 4.90. The van der Waals surface area contributed by atoms with Gasteiger partial charge < -0.3 is 9.13 Å². The molecule has 0 saturated heterocycles. The second-order valence-corrected chi connectivity index (χ2v) is 7.76. The van der Waals surface area contributed by atoms with E-state index in [1.165, 1.54) is 11.1 Å². The first-order valence-electron chi connectivity index (χ1n) is 9.32. The Bertz CT molecular complexity index is 1250. The highest BCUT2D eigenvalue weighted by atomic mass is 32.2. The molecule has 5 rings (SSSR count). The maximum atomic E-state index is 4.90. The number of thioether (sulfide) groups is 1. The van der Waals surface area contributed by atoms with Crippen molar-refractivity contribution in [3.8, 4) is 0 Å². The van der Waals surface area contributed by atoms with E-state index in [4.69, 9.17) is 9.97 Å². The predicted molar refractivity (Wildman–Crippen MR) is 116 cm³/mol. The zero-order valence-electron chi connectivity index (χ0n) is 15.6. The Hall–Kier alpha value is -3.05. The first kappa shape index (κ1) is 17.1. The second-order valence-electron chi connectivity index (χ2n) is 6.82. The fourth-order valence-corrected chi connectivity index (χ4v) is 4.53. The molecule has 0 unspecified atom stereocenters. The summed E-state index contributed by atoms with van der Waals surface area (Å²) < 4.78 is 4.48. The Balaban J connectivity index is 1.49. The number of rotatable bonds is 5. The Morgan fingerprint density at radius 2 is 1.39 bits per heavy atom. The van der Waals surface area contributed by atoms with Crippen molar-refractivity contribution in [1.29, 1.82) is 0 Å². The van der Waals surface area contributed by atoms with Crippen molar-refractivity contribution in [3.63, 3.8) is 0 Å². The van der Waals surface area contributed by atoms with E-state index in [9.17, 15) is 0 Å². The Morgan fingerprint density at radius 3 is 2.14 bits per heavy atom. The van der Waals surface area contributed by atoms with E-state index in [2.05, 4.69) is 82.9 Å². The van der Waals surface area contributed by atoms with Crippen LogP contribution < -0.4 is 0 Å². The number of aromatic nitrogens is 4. The molecule has 5 aromatic rings.